The highest BCUT2D eigenvalue weighted by molar-refractivity contribution is 5.92. The summed E-state index contributed by atoms with van der Waals surface area (Å²) in [5, 5.41) is 14.3. The lowest BCUT2D eigenvalue weighted by atomic mass is 10.1. The molecule has 0 aliphatic rings. The molecule has 1 unspecified atom stereocenters. The van der Waals surface area contributed by atoms with E-state index in [1.807, 2.05) is 49.4 Å². The standard InChI is InChI=1S/C21H22N4O/c1-15-8-6-7-11-18(15)14-22-21(26)19-12-13-20(25-24-19)23-16(2)17-9-4-3-5-10-17/h3-13,16H,14H2,1-2H3,(H,22,26)(H,23,25). The Morgan fingerprint density at radius 3 is 2.38 bits per heavy atom. The summed E-state index contributed by atoms with van der Waals surface area (Å²) >= 11 is 0. The third kappa shape index (κ3) is 4.45. The zero-order valence-corrected chi connectivity index (χ0v) is 14.9. The van der Waals surface area contributed by atoms with E-state index in [1.54, 1.807) is 12.1 Å². The first kappa shape index (κ1) is 17.6. The molecule has 0 bridgehead atoms. The summed E-state index contributed by atoms with van der Waals surface area (Å²) in [5.74, 6) is 0.403. The van der Waals surface area contributed by atoms with Crippen molar-refractivity contribution in [3.63, 3.8) is 0 Å². The number of nitrogens with one attached hydrogen (secondary N) is 2. The molecule has 3 rings (SSSR count). The second kappa shape index (κ2) is 8.25. The Kier molecular flexibility index (Phi) is 5.59. The number of hydrogen-bond donors (Lipinski definition) is 2. The van der Waals surface area contributed by atoms with Gasteiger partial charge in [0, 0.05) is 12.6 Å². The van der Waals surface area contributed by atoms with E-state index in [-0.39, 0.29) is 11.9 Å². The summed E-state index contributed by atoms with van der Waals surface area (Å²) in [6.45, 7) is 4.55. The summed E-state index contributed by atoms with van der Waals surface area (Å²) in [6, 6.07) is 21.6. The predicted octanol–water partition coefficient (Wildman–Crippen LogP) is 3.89. The van der Waals surface area contributed by atoms with Crippen LogP contribution in [-0.2, 0) is 6.54 Å². The smallest absolute Gasteiger partial charge is 0.272 e. The predicted molar refractivity (Wildman–Crippen MR) is 103 cm³/mol. The largest absolute Gasteiger partial charge is 0.362 e. The van der Waals surface area contributed by atoms with Gasteiger partial charge < -0.3 is 10.6 Å². The fourth-order valence-corrected chi connectivity index (χ4v) is 2.65. The zero-order valence-electron chi connectivity index (χ0n) is 14.9. The third-order valence-electron chi connectivity index (χ3n) is 4.26. The van der Waals surface area contributed by atoms with Crippen LogP contribution in [0.25, 0.3) is 0 Å². The van der Waals surface area contributed by atoms with Gasteiger partial charge in [-0.1, -0.05) is 54.6 Å². The van der Waals surface area contributed by atoms with Gasteiger partial charge in [-0.3, -0.25) is 4.79 Å². The minimum absolute atomic E-state index is 0.103. The molecule has 1 heterocycles. The second-order valence-corrected chi connectivity index (χ2v) is 6.19. The molecule has 0 saturated carbocycles. The molecule has 0 aliphatic heterocycles. The summed E-state index contributed by atoms with van der Waals surface area (Å²) in [7, 11) is 0. The number of benzene rings is 2. The normalized spacial score (nSPS) is 11.6. The molecule has 5 heteroatoms. The summed E-state index contributed by atoms with van der Waals surface area (Å²) in [5.41, 5.74) is 3.70. The number of aryl methyl sites for hydroxylation is 1. The van der Waals surface area contributed by atoms with Crippen LogP contribution in [0.15, 0.2) is 66.7 Å². The van der Waals surface area contributed by atoms with Crippen molar-refractivity contribution in [1.82, 2.24) is 15.5 Å². The molecular weight excluding hydrogens is 324 g/mol. The Bertz CT molecular complexity index is 863. The van der Waals surface area contributed by atoms with Crippen molar-refractivity contribution in [3.05, 3.63) is 89.1 Å². The van der Waals surface area contributed by atoms with E-state index < -0.39 is 0 Å². The average Bonchev–Trinajstić information content (AvgIpc) is 2.68. The molecule has 26 heavy (non-hydrogen) atoms. The monoisotopic (exact) mass is 346 g/mol. The number of amides is 1. The number of anilines is 1. The van der Waals surface area contributed by atoms with Crippen LogP contribution in [0, 0.1) is 6.92 Å². The van der Waals surface area contributed by atoms with Crippen LogP contribution in [0.2, 0.25) is 0 Å². The van der Waals surface area contributed by atoms with Gasteiger partial charge in [0.15, 0.2) is 5.69 Å². The Morgan fingerprint density at radius 2 is 1.69 bits per heavy atom. The highest BCUT2D eigenvalue weighted by Gasteiger charge is 2.10. The first-order valence-electron chi connectivity index (χ1n) is 8.61. The zero-order chi connectivity index (χ0) is 18.4. The van der Waals surface area contributed by atoms with E-state index in [4.69, 9.17) is 0 Å². The second-order valence-electron chi connectivity index (χ2n) is 6.19. The number of nitrogens with zero attached hydrogens (tertiary/aromatic N) is 2. The van der Waals surface area contributed by atoms with Gasteiger partial charge in [0.25, 0.3) is 5.91 Å². The molecule has 0 aliphatic carbocycles. The molecule has 0 radical (unpaired) electrons. The van der Waals surface area contributed by atoms with E-state index in [2.05, 4.69) is 39.9 Å². The molecular formula is C21H22N4O. The molecule has 0 saturated heterocycles. The number of carbonyl (C=O) groups is 1. The van der Waals surface area contributed by atoms with Gasteiger partial charge in [0.1, 0.15) is 5.82 Å². The van der Waals surface area contributed by atoms with Crippen molar-refractivity contribution in [3.8, 4) is 0 Å². The highest BCUT2D eigenvalue weighted by Crippen LogP contribution is 2.16. The fourth-order valence-electron chi connectivity index (χ4n) is 2.65. The molecule has 1 aromatic heterocycles. The van der Waals surface area contributed by atoms with Gasteiger partial charge in [-0.2, -0.15) is 0 Å². The molecule has 1 amide bonds. The number of rotatable bonds is 6. The molecule has 2 N–H and O–H groups in total. The summed E-state index contributed by atoms with van der Waals surface area (Å²) in [6.07, 6.45) is 0. The lowest BCUT2D eigenvalue weighted by Crippen LogP contribution is -2.24. The van der Waals surface area contributed by atoms with Gasteiger partial charge >= 0.3 is 0 Å². The molecule has 132 valence electrons. The molecule has 3 aromatic rings. The van der Waals surface area contributed by atoms with Crippen molar-refractivity contribution < 1.29 is 4.79 Å². The Labute approximate surface area is 153 Å². The van der Waals surface area contributed by atoms with Crippen LogP contribution in [-0.4, -0.2) is 16.1 Å². The summed E-state index contributed by atoms with van der Waals surface area (Å²) in [4.78, 5) is 12.3. The molecule has 0 spiro atoms. The maximum Gasteiger partial charge on any atom is 0.272 e. The van der Waals surface area contributed by atoms with Crippen molar-refractivity contribution in [2.75, 3.05) is 5.32 Å². The first-order valence-corrected chi connectivity index (χ1v) is 8.61. The Hall–Kier alpha value is -3.21. The Balaban J connectivity index is 1.58. The highest BCUT2D eigenvalue weighted by atomic mass is 16.1. The minimum Gasteiger partial charge on any atom is -0.362 e. The molecule has 1 atom stereocenters. The maximum atomic E-state index is 12.3. The lowest BCUT2D eigenvalue weighted by Gasteiger charge is -2.14. The van der Waals surface area contributed by atoms with Gasteiger partial charge in [0.05, 0.1) is 0 Å². The first-order chi connectivity index (χ1) is 12.6. The van der Waals surface area contributed by atoms with Crippen LogP contribution in [0.1, 0.15) is 40.1 Å². The van der Waals surface area contributed by atoms with Crippen molar-refractivity contribution in [2.24, 2.45) is 0 Å². The van der Waals surface area contributed by atoms with Crippen LogP contribution in [0.4, 0.5) is 5.82 Å². The number of hydrogen-bond acceptors (Lipinski definition) is 4. The third-order valence-corrected chi connectivity index (χ3v) is 4.26. The topological polar surface area (TPSA) is 66.9 Å². The molecule has 0 fully saturated rings. The van der Waals surface area contributed by atoms with E-state index in [0.717, 1.165) is 16.7 Å². The van der Waals surface area contributed by atoms with E-state index in [1.165, 1.54) is 0 Å². The Morgan fingerprint density at radius 1 is 0.962 bits per heavy atom. The van der Waals surface area contributed by atoms with Crippen molar-refractivity contribution in [2.45, 2.75) is 26.4 Å². The molecule has 5 nitrogen and oxygen atoms in total. The van der Waals surface area contributed by atoms with Crippen LogP contribution in [0.3, 0.4) is 0 Å². The van der Waals surface area contributed by atoms with Crippen molar-refractivity contribution in [1.29, 1.82) is 0 Å². The fraction of sp³-hybridized carbons (Fsp3) is 0.190. The van der Waals surface area contributed by atoms with Crippen LogP contribution < -0.4 is 10.6 Å². The minimum atomic E-state index is -0.233. The average molecular weight is 346 g/mol. The lowest BCUT2D eigenvalue weighted by molar-refractivity contribution is 0.0945. The summed E-state index contributed by atoms with van der Waals surface area (Å²) < 4.78 is 0. The number of carbonyl (C=O) groups excluding carboxylic acids is 1. The molecule has 2 aromatic carbocycles. The van der Waals surface area contributed by atoms with Gasteiger partial charge in [-0.25, -0.2) is 0 Å². The quantitative estimate of drug-likeness (QED) is 0.711. The van der Waals surface area contributed by atoms with Crippen molar-refractivity contribution >= 4 is 11.7 Å². The van der Waals surface area contributed by atoms with E-state index in [9.17, 15) is 4.79 Å². The van der Waals surface area contributed by atoms with E-state index in [0.29, 0.717) is 18.1 Å². The van der Waals surface area contributed by atoms with Gasteiger partial charge in [0.2, 0.25) is 0 Å². The van der Waals surface area contributed by atoms with Crippen LogP contribution >= 0.6 is 0 Å². The van der Waals surface area contributed by atoms with Gasteiger partial charge in [-0.15, -0.1) is 10.2 Å². The van der Waals surface area contributed by atoms with Gasteiger partial charge in [-0.05, 0) is 42.7 Å². The maximum absolute atomic E-state index is 12.3. The SMILES string of the molecule is Cc1ccccc1CNC(=O)c1ccc(NC(C)c2ccccc2)nn1. The number of aromatic nitrogens is 2. The van der Waals surface area contributed by atoms with E-state index >= 15 is 0 Å². The van der Waals surface area contributed by atoms with Crippen LogP contribution in [0.5, 0.6) is 0 Å².